The van der Waals surface area contributed by atoms with E-state index < -0.39 is 0 Å². The van der Waals surface area contributed by atoms with Gasteiger partial charge in [-0.2, -0.15) is 0 Å². The van der Waals surface area contributed by atoms with Gasteiger partial charge in [-0.1, -0.05) is 49.5 Å². The molecule has 0 spiro atoms. The summed E-state index contributed by atoms with van der Waals surface area (Å²) < 4.78 is 0. The molecule has 1 fully saturated rings. The smallest absolute Gasteiger partial charge is 0.0743 e. The normalized spacial score (nSPS) is 21.9. The molecule has 2 atom stereocenters. The fourth-order valence-corrected chi connectivity index (χ4v) is 3.07. The Balaban J connectivity index is 1.97. The zero-order valence-corrected chi connectivity index (χ0v) is 11.8. The zero-order chi connectivity index (χ0) is 13.0. The Labute approximate surface area is 115 Å². The van der Waals surface area contributed by atoms with E-state index in [-0.39, 0.29) is 0 Å². The van der Waals surface area contributed by atoms with Crippen molar-refractivity contribution in [2.75, 3.05) is 13.1 Å². The Hall–Kier alpha value is -0.930. The van der Waals surface area contributed by atoms with Gasteiger partial charge in [0, 0.05) is 19.0 Å². The zero-order valence-electron chi connectivity index (χ0n) is 11.0. The molecule has 0 radical (unpaired) electrons. The summed E-state index contributed by atoms with van der Waals surface area (Å²) in [5.41, 5.74) is 7.15. The van der Waals surface area contributed by atoms with Crippen LogP contribution in [-0.4, -0.2) is 29.0 Å². The summed E-state index contributed by atoms with van der Waals surface area (Å²) in [6.45, 7) is 4.53. The lowest BCUT2D eigenvalue weighted by molar-refractivity contribution is 0.239. The molecule has 3 heteroatoms. The van der Waals surface area contributed by atoms with Crippen LogP contribution in [0.1, 0.15) is 37.7 Å². The van der Waals surface area contributed by atoms with Gasteiger partial charge in [-0.15, -0.1) is 0 Å². The van der Waals surface area contributed by atoms with E-state index in [9.17, 15) is 0 Å². The highest BCUT2D eigenvalue weighted by atomic mass is 32.1. The topological polar surface area (TPSA) is 29.3 Å². The van der Waals surface area contributed by atoms with Crippen LogP contribution in [0.25, 0.3) is 0 Å². The van der Waals surface area contributed by atoms with Crippen molar-refractivity contribution in [3.05, 3.63) is 35.9 Å². The molecule has 0 saturated carbocycles. The van der Waals surface area contributed by atoms with Crippen LogP contribution in [-0.2, 0) is 0 Å². The summed E-state index contributed by atoms with van der Waals surface area (Å²) in [6, 6.07) is 11.3. The van der Waals surface area contributed by atoms with Crippen molar-refractivity contribution in [3.63, 3.8) is 0 Å². The van der Waals surface area contributed by atoms with Gasteiger partial charge in [-0.25, -0.2) is 0 Å². The minimum atomic E-state index is 0.524. The number of hydrogen-bond acceptors (Lipinski definition) is 2. The van der Waals surface area contributed by atoms with Crippen LogP contribution in [0, 0.1) is 0 Å². The molecular weight excluding hydrogens is 240 g/mol. The second-order valence-electron chi connectivity index (χ2n) is 5.12. The molecule has 1 heterocycles. The summed E-state index contributed by atoms with van der Waals surface area (Å²) in [4.78, 5) is 3.20. The van der Waals surface area contributed by atoms with Gasteiger partial charge in [0.05, 0.1) is 4.99 Å². The Morgan fingerprint density at radius 3 is 2.78 bits per heavy atom. The van der Waals surface area contributed by atoms with Crippen LogP contribution in [0.4, 0.5) is 0 Å². The highest BCUT2D eigenvalue weighted by Crippen LogP contribution is 2.29. The maximum Gasteiger partial charge on any atom is 0.0743 e. The lowest BCUT2D eigenvalue weighted by Gasteiger charge is -2.26. The van der Waals surface area contributed by atoms with Gasteiger partial charge < -0.3 is 5.73 Å². The summed E-state index contributed by atoms with van der Waals surface area (Å²) in [6.07, 6.45) is 3.23. The Morgan fingerprint density at radius 2 is 2.17 bits per heavy atom. The molecule has 98 valence electrons. The van der Waals surface area contributed by atoms with E-state index in [1.54, 1.807) is 0 Å². The van der Waals surface area contributed by atoms with E-state index in [0.717, 1.165) is 19.4 Å². The van der Waals surface area contributed by atoms with Gasteiger partial charge in [-0.05, 0) is 30.9 Å². The van der Waals surface area contributed by atoms with Crippen molar-refractivity contribution >= 4 is 17.2 Å². The second-order valence-corrected chi connectivity index (χ2v) is 5.65. The number of likely N-dealkylation sites (tertiary alicyclic amines) is 1. The summed E-state index contributed by atoms with van der Waals surface area (Å²) in [5, 5.41) is 0. The van der Waals surface area contributed by atoms with Crippen LogP contribution < -0.4 is 5.73 Å². The molecule has 0 amide bonds. The molecule has 2 nitrogen and oxygen atoms in total. The molecule has 1 aliphatic heterocycles. The molecule has 1 aliphatic rings. The molecule has 1 saturated heterocycles. The minimum Gasteiger partial charge on any atom is -0.393 e. The van der Waals surface area contributed by atoms with Crippen molar-refractivity contribution in [1.29, 1.82) is 0 Å². The fourth-order valence-electron chi connectivity index (χ4n) is 2.88. The van der Waals surface area contributed by atoms with Crippen LogP contribution in [0.5, 0.6) is 0 Å². The van der Waals surface area contributed by atoms with E-state index in [1.807, 2.05) is 0 Å². The van der Waals surface area contributed by atoms with Gasteiger partial charge in [0.2, 0.25) is 0 Å². The first-order valence-electron chi connectivity index (χ1n) is 6.78. The average molecular weight is 262 g/mol. The minimum absolute atomic E-state index is 0.524. The fraction of sp³-hybridized carbons (Fsp3) is 0.533. The highest BCUT2D eigenvalue weighted by Gasteiger charge is 2.28. The first kappa shape index (κ1) is 13.5. The van der Waals surface area contributed by atoms with Crippen LogP contribution in [0.2, 0.25) is 0 Å². The standard InChI is InChI=1S/C15H22N2S/c1-2-14(10-15(16)18)17-9-8-13(11-17)12-6-4-3-5-7-12/h3-7,13-14H,2,8-11H2,1H3,(H2,16,18). The van der Waals surface area contributed by atoms with E-state index in [1.165, 1.54) is 18.5 Å². The molecule has 18 heavy (non-hydrogen) atoms. The third-order valence-electron chi connectivity index (χ3n) is 3.92. The summed E-state index contributed by atoms with van der Waals surface area (Å²) in [5.74, 6) is 0.673. The van der Waals surface area contributed by atoms with Gasteiger partial charge in [-0.3, -0.25) is 4.90 Å². The number of nitrogens with two attached hydrogens (primary N) is 1. The predicted molar refractivity (Wildman–Crippen MR) is 80.9 cm³/mol. The van der Waals surface area contributed by atoms with Gasteiger partial charge in [0.25, 0.3) is 0 Å². The van der Waals surface area contributed by atoms with Crippen LogP contribution >= 0.6 is 12.2 Å². The van der Waals surface area contributed by atoms with E-state index in [0.29, 0.717) is 16.9 Å². The lowest BCUT2D eigenvalue weighted by atomic mass is 9.99. The van der Waals surface area contributed by atoms with Crippen molar-refractivity contribution < 1.29 is 0 Å². The lowest BCUT2D eigenvalue weighted by Crippen LogP contribution is -2.35. The van der Waals surface area contributed by atoms with Gasteiger partial charge in [0.15, 0.2) is 0 Å². The molecule has 0 aliphatic carbocycles. The number of rotatable bonds is 5. The average Bonchev–Trinajstić information content (AvgIpc) is 2.86. The molecule has 2 rings (SSSR count). The van der Waals surface area contributed by atoms with Crippen LogP contribution in [0.15, 0.2) is 30.3 Å². The molecule has 0 bridgehead atoms. The largest absolute Gasteiger partial charge is 0.393 e. The highest BCUT2D eigenvalue weighted by molar-refractivity contribution is 7.80. The Kier molecular flexibility index (Phi) is 4.72. The number of thiocarbonyl (C=S) groups is 1. The quantitative estimate of drug-likeness (QED) is 0.827. The van der Waals surface area contributed by atoms with Crippen molar-refractivity contribution in [2.24, 2.45) is 5.73 Å². The van der Waals surface area contributed by atoms with Crippen LogP contribution in [0.3, 0.4) is 0 Å². The summed E-state index contributed by atoms with van der Waals surface area (Å²) >= 11 is 5.05. The molecule has 2 unspecified atom stereocenters. The van der Waals surface area contributed by atoms with Gasteiger partial charge >= 0.3 is 0 Å². The van der Waals surface area contributed by atoms with Gasteiger partial charge in [0.1, 0.15) is 0 Å². The predicted octanol–water partition coefficient (Wildman–Crippen LogP) is 2.93. The van der Waals surface area contributed by atoms with Crippen molar-refractivity contribution in [3.8, 4) is 0 Å². The molecular formula is C15H22N2S. The molecule has 2 N–H and O–H groups in total. The summed E-state index contributed by atoms with van der Waals surface area (Å²) in [7, 11) is 0. The SMILES string of the molecule is CCC(CC(N)=S)N1CCC(c2ccccc2)C1. The monoisotopic (exact) mass is 262 g/mol. The molecule has 0 aromatic heterocycles. The third-order valence-corrected chi connectivity index (χ3v) is 4.08. The first-order valence-corrected chi connectivity index (χ1v) is 7.18. The van der Waals surface area contributed by atoms with Crippen molar-refractivity contribution in [1.82, 2.24) is 4.90 Å². The van der Waals surface area contributed by atoms with E-state index in [2.05, 4.69) is 42.2 Å². The van der Waals surface area contributed by atoms with E-state index in [4.69, 9.17) is 18.0 Å². The maximum atomic E-state index is 5.69. The number of benzene rings is 1. The first-order chi connectivity index (χ1) is 8.70. The Morgan fingerprint density at radius 1 is 1.44 bits per heavy atom. The Bertz CT molecular complexity index is 391. The third kappa shape index (κ3) is 3.30. The second kappa shape index (κ2) is 6.30. The van der Waals surface area contributed by atoms with Crippen molar-refractivity contribution in [2.45, 2.75) is 38.1 Å². The number of nitrogens with zero attached hydrogens (tertiary/aromatic N) is 1. The maximum absolute atomic E-state index is 5.69. The molecule has 1 aromatic carbocycles. The molecule has 1 aromatic rings. The van der Waals surface area contributed by atoms with E-state index >= 15 is 0 Å². The number of hydrogen-bond donors (Lipinski definition) is 1.